The molecule has 4 aromatic carbocycles. The fourth-order valence-electron chi connectivity index (χ4n) is 13.3. The molecule has 0 amide bonds. The molecule has 0 saturated carbocycles. The molecular weight excluding hydrogens is 1720 g/mol. The molecule has 4 heterocycles. The third-order valence-corrected chi connectivity index (χ3v) is 21.0. The van der Waals surface area contributed by atoms with Gasteiger partial charge in [0, 0.05) is 53.9 Å². The minimum absolute atomic E-state index is 0.00932. The van der Waals surface area contributed by atoms with Crippen LogP contribution in [0, 0.1) is 84.9 Å². The van der Waals surface area contributed by atoms with Gasteiger partial charge in [0.2, 0.25) is 25.2 Å². The number of benzene rings is 4. The summed E-state index contributed by atoms with van der Waals surface area (Å²) in [5, 5.41) is 58.4. The quantitative estimate of drug-likeness (QED) is 0.00889. The zero-order chi connectivity index (χ0) is 100. The minimum atomic E-state index is -1.01. The molecule has 8 aromatic rings. The lowest BCUT2D eigenvalue weighted by atomic mass is 9.86. The molecule has 0 aliphatic heterocycles. The normalized spacial score (nSPS) is 13.6. The number of rotatable bonds is 35. The average molecular weight is 1860 g/mol. The Kier molecular flexibility index (Phi) is 43.9. The summed E-state index contributed by atoms with van der Waals surface area (Å²) in [7, 11) is 0. The highest BCUT2D eigenvalue weighted by Gasteiger charge is 2.31. The van der Waals surface area contributed by atoms with E-state index < -0.39 is 49.8 Å². The van der Waals surface area contributed by atoms with Crippen molar-refractivity contribution in [2.75, 3.05) is 25.7 Å². The molecular formula is C105H141ClN12O16. The van der Waals surface area contributed by atoms with E-state index in [0.29, 0.717) is 117 Å². The standard InChI is InChI=1S/3C27H37N3O4.C24H30ClN3O4/c1-9-30-24(16-19(4)29-30)25(33-20(5)34-26(31)32-15-14-18(2)3)23(17-28)21-10-12-22(13-11-21)27(6,7)8;1-9-18(3)17-32-26(31)34-20(5)33-25(24-15-19(4)29-30(24)10-2)23(16-28)21-11-13-22(14-12-21)27(6,7)8;1-9-11-19(4)32-26(31)34-20(5)33-25(24-16-18(3)29-30(24)10-2)23(17-28)21-12-14-22(15-13-21)27(6,7)8;1-7-28-21(14-16(2)27-28)22(31-17(3)32-23(29)30-13-12-25)20(15-26)18-8-10-19(11-9-18)24(4,5)6/h10-13,16,18,20H,9,14-15H2,1-8H3;11-15,18,20H,9-10,17H2,1-8H3;12-16,19-20H,9-11H2,1-8H3;8-11,14,17H,7,12-13H2,1-6H3/b3*25-23-;22-20-. The summed E-state index contributed by atoms with van der Waals surface area (Å²) >= 11 is 5.53. The summed E-state index contributed by atoms with van der Waals surface area (Å²) in [6, 6.07) is 47.8. The zero-order valence-corrected chi connectivity index (χ0v) is 85.1. The highest BCUT2D eigenvalue weighted by molar-refractivity contribution is 6.18. The maximum atomic E-state index is 12.2. The molecule has 8 rings (SSSR count). The van der Waals surface area contributed by atoms with Crippen LogP contribution in [0.15, 0.2) is 121 Å². The second-order valence-electron chi connectivity index (χ2n) is 36.8. The number of carbonyl (C=O) groups is 4. The van der Waals surface area contributed by atoms with E-state index in [0.717, 1.165) is 70.7 Å². The first-order valence-corrected chi connectivity index (χ1v) is 46.4. The Morgan fingerprint density at radius 3 is 0.813 bits per heavy atom. The number of aromatic nitrogens is 8. The number of allylic oxidation sites excluding steroid dienone is 4. The number of nitriles is 4. The van der Waals surface area contributed by atoms with Crippen LogP contribution in [0.1, 0.15) is 296 Å². The summed E-state index contributed by atoms with van der Waals surface area (Å²) in [5.74, 6) is 1.99. The van der Waals surface area contributed by atoms with Gasteiger partial charge in [-0.25, -0.2) is 19.2 Å². The van der Waals surface area contributed by atoms with E-state index in [1.54, 1.807) is 46.4 Å². The largest absolute Gasteiger partial charge is 0.511 e. The Morgan fingerprint density at radius 1 is 0.351 bits per heavy atom. The number of carbonyl (C=O) groups excluding carboxylic acids is 4. The summed E-state index contributed by atoms with van der Waals surface area (Å²) in [4.78, 5) is 48.3. The van der Waals surface area contributed by atoms with E-state index in [1.165, 1.54) is 0 Å². The van der Waals surface area contributed by atoms with Crippen molar-refractivity contribution in [1.29, 1.82) is 21.0 Å². The van der Waals surface area contributed by atoms with Gasteiger partial charge in [-0.05, 0) is 177 Å². The van der Waals surface area contributed by atoms with Crippen molar-refractivity contribution < 1.29 is 76.0 Å². The van der Waals surface area contributed by atoms with Gasteiger partial charge in [0.15, 0.2) is 23.0 Å². The molecule has 0 spiro atoms. The van der Waals surface area contributed by atoms with Crippen molar-refractivity contribution in [1.82, 2.24) is 39.1 Å². The molecule has 0 radical (unpaired) electrons. The van der Waals surface area contributed by atoms with Crippen LogP contribution < -0.4 is 0 Å². The molecule has 6 unspecified atom stereocenters. The zero-order valence-electron chi connectivity index (χ0n) is 84.4. The summed E-state index contributed by atoms with van der Waals surface area (Å²) in [6.07, 6.45) is -4.22. The van der Waals surface area contributed by atoms with Gasteiger partial charge in [0.1, 0.15) is 82.1 Å². The van der Waals surface area contributed by atoms with Crippen LogP contribution in [0.3, 0.4) is 0 Å². The predicted molar refractivity (Wildman–Crippen MR) is 522 cm³/mol. The highest BCUT2D eigenvalue weighted by atomic mass is 35.5. The van der Waals surface area contributed by atoms with Crippen LogP contribution >= 0.6 is 11.6 Å². The van der Waals surface area contributed by atoms with E-state index >= 15 is 0 Å². The van der Waals surface area contributed by atoms with Gasteiger partial charge in [0.05, 0.1) is 41.9 Å². The minimum Gasteiger partial charge on any atom is -0.451 e. The van der Waals surface area contributed by atoms with Gasteiger partial charge >= 0.3 is 24.6 Å². The topological polar surface area (TPSA) is 345 Å². The number of hydrogen-bond donors (Lipinski definition) is 0. The van der Waals surface area contributed by atoms with E-state index in [9.17, 15) is 40.2 Å². The first-order chi connectivity index (χ1) is 63.0. The van der Waals surface area contributed by atoms with Crippen LogP contribution in [0.25, 0.3) is 45.3 Å². The fraction of sp³-hybridized carbons (Fsp3) is 0.505. The number of ether oxygens (including phenoxy) is 12. The first-order valence-electron chi connectivity index (χ1n) is 45.9. The third kappa shape index (κ3) is 34.7. The van der Waals surface area contributed by atoms with Crippen LogP contribution in [0.2, 0.25) is 0 Å². The Morgan fingerprint density at radius 2 is 0.597 bits per heavy atom. The van der Waals surface area contributed by atoms with E-state index in [2.05, 4.69) is 128 Å². The highest BCUT2D eigenvalue weighted by Crippen LogP contribution is 2.38. The molecule has 0 bridgehead atoms. The van der Waals surface area contributed by atoms with Gasteiger partial charge in [-0.3, -0.25) is 18.7 Å². The Balaban J connectivity index is 0.000000316. The van der Waals surface area contributed by atoms with Crippen molar-refractivity contribution >= 4 is 81.6 Å². The molecule has 0 saturated heterocycles. The second-order valence-corrected chi connectivity index (χ2v) is 37.2. The van der Waals surface area contributed by atoms with Crippen LogP contribution in [0.4, 0.5) is 19.2 Å². The molecule has 134 heavy (non-hydrogen) atoms. The van der Waals surface area contributed by atoms with E-state index in [4.69, 9.17) is 68.4 Å². The molecule has 4 aromatic heterocycles. The maximum absolute atomic E-state index is 12.2. The number of alkyl halides is 1. The lowest BCUT2D eigenvalue weighted by molar-refractivity contribution is -0.0761. The summed E-state index contributed by atoms with van der Waals surface area (Å²) < 4.78 is 72.8. The molecule has 28 nitrogen and oxygen atoms in total. The maximum Gasteiger partial charge on any atom is 0.511 e. The summed E-state index contributed by atoms with van der Waals surface area (Å²) in [6.45, 7) is 62.2. The molecule has 0 fully saturated rings. The molecule has 0 aliphatic carbocycles. The van der Waals surface area contributed by atoms with E-state index in [-0.39, 0.29) is 65.1 Å². The van der Waals surface area contributed by atoms with Crippen molar-refractivity contribution in [3.05, 3.63) is 211 Å². The van der Waals surface area contributed by atoms with Gasteiger partial charge in [0.25, 0.3) is 0 Å². The SMILES string of the molecule is CCC(C)COC(=O)OC(C)O/C(=C(/C#N)c1ccc(C(C)(C)C)cc1)c1cc(C)nn1CC.CCCC(C)OC(=O)OC(C)O/C(=C(/C#N)c1ccc(C(C)(C)C)cc1)c1cc(C)nn1CC.CCn1nc(C)cc1/C(OC(C)OC(=O)OCCC(C)C)=C(\C#N)c1ccc(C(C)(C)C)cc1.CCn1nc(C)cc1/C(OC(C)OC(=O)OCCCl)=C(\C#N)c1ccc(C(C)(C)C)cc1. The lowest BCUT2D eigenvalue weighted by Gasteiger charge is -2.21. The summed E-state index contributed by atoms with van der Waals surface area (Å²) in [5.41, 5.74) is 14.4. The van der Waals surface area contributed by atoms with Crippen molar-refractivity contribution in [2.24, 2.45) is 11.8 Å². The van der Waals surface area contributed by atoms with Crippen molar-refractivity contribution in [3.63, 3.8) is 0 Å². The molecule has 0 aliphatic rings. The van der Waals surface area contributed by atoms with Crippen LogP contribution in [-0.4, -0.2) is 121 Å². The Hall–Kier alpha value is -12.8. The Bertz CT molecular complexity index is 5460. The number of aryl methyl sites for hydroxylation is 8. The van der Waals surface area contributed by atoms with Crippen LogP contribution in [-0.2, 0) is 105 Å². The Labute approximate surface area is 799 Å². The predicted octanol–water partition coefficient (Wildman–Crippen LogP) is 25.2. The number of hydrogen-bond acceptors (Lipinski definition) is 24. The van der Waals surface area contributed by atoms with E-state index in [1.807, 2.05) is 218 Å². The number of nitrogens with zero attached hydrogens (tertiary/aromatic N) is 12. The first kappa shape index (κ1) is 112. The molecule has 29 heteroatoms. The van der Waals surface area contributed by atoms with Gasteiger partial charge in [-0.2, -0.15) is 41.4 Å². The van der Waals surface area contributed by atoms with Gasteiger partial charge in [-0.1, -0.05) is 228 Å². The van der Waals surface area contributed by atoms with Gasteiger partial charge < -0.3 is 56.8 Å². The fourth-order valence-corrected chi connectivity index (χ4v) is 13.4. The smallest absolute Gasteiger partial charge is 0.451 e. The third-order valence-electron chi connectivity index (χ3n) is 20.8. The van der Waals surface area contributed by atoms with Gasteiger partial charge in [-0.15, -0.1) is 11.6 Å². The van der Waals surface area contributed by atoms with Crippen molar-refractivity contribution in [2.45, 2.75) is 312 Å². The lowest BCUT2D eigenvalue weighted by Crippen LogP contribution is -2.23. The average Bonchev–Trinajstić information content (AvgIpc) is 1.68. The molecule has 0 N–H and O–H groups in total. The van der Waals surface area contributed by atoms with Crippen molar-refractivity contribution in [3.8, 4) is 24.3 Å². The monoisotopic (exact) mass is 1860 g/mol. The van der Waals surface area contributed by atoms with Crippen LogP contribution in [0.5, 0.6) is 0 Å². The molecule has 6 atom stereocenters. The molecule has 724 valence electrons. The second kappa shape index (κ2) is 52.6. The number of halogens is 1.